The maximum absolute atomic E-state index is 12.5. The van der Waals surface area contributed by atoms with E-state index < -0.39 is 27.9 Å². The molecule has 2 aromatic rings. The van der Waals surface area contributed by atoms with Crippen LogP contribution in [0.3, 0.4) is 0 Å². The molecular formula is C19H21NO7S. The van der Waals surface area contributed by atoms with Crippen LogP contribution in [0.25, 0.3) is 0 Å². The summed E-state index contributed by atoms with van der Waals surface area (Å²) in [5, 5.41) is 5.09. The van der Waals surface area contributed by atoms with E-state index in [0.717, 1.165) is 6.07 Å². The number of ketones is 1. The molecule has 2 rings (SSSR count). The molecule has 0 saturated heterocycles. The Labute approximate surface area is 163 Å². The Bertz CT molecular complexity index is 968. The van der Waals surface area contributed by atoms with Gasteiger partial charge in [0.1, 0.15) is 17.1 Å². The second-order valence-electron chi connectivity index (χ2n) is 5.78. The first-order valence-electron chi connectivity index (χ1n) is 8.36. The van der Waals surface area contributed by atoms with Crippen LogP contribution < -0.4 is 14.6 Å². The number of rotatable bonds is 8. The number of methoxy groups -OCH3 is 1. The zero-order valence-electron chi connectivity index (χ0n) is 15.7. The standard InChI is InChI=1S/C19H21NO7S/c1-4-26-14-7-5-13(6-8-14)18(21)12(2)27-19(22)16-11-15(28(20,23)24)9-10-17(16)25-3/h5-12H,4H2,1-3H3,(H2,20,23,24)/t12-/m0/s1. The third-order valence-corrected chi connectivity index (χ3v) is 4.73. The van der Waals surface area contributed by atoms with Gasteiger partial charge in [0.15, 0.2) is 6.10 Å². The first-order chi connectivity index (χ1) is 13.2. The Kier molecular flexibility index (Phi) is 6.76. The molecular weight excluding hydrogens is 386 g/mol. The molecule has 0 unspecified atom stereocenters. The van der Waals surface area contributed by atoms with Gasteiger partial charge in [-0.05, 0) is 56.3 Å². The van der Waals surface area contributed by atoms with Crippen molar-refractivity contribution in [2.45, 2.75) is 24.8 Å². The number of carbonyl (C=O) groups is 2. The quantitative estimate of drug-likeness (QED) is 0.525. The Morgan fingerprint density at radius 2 is 1.75 bits per heavy atom. The molecule has 0 bridgehead atoms. The molecule has 0 aliphatic rings. The van der Waals surface area contributed by atoms with Crippen molar-refractivity contribution in [1.82, 2.24) is 0 Å². The van der Waals surface area contributed by atoms with Crippen LogP contribution in [0.15, 0.2) is 47.4 Å². The summed E-state index contributed by atoms with van der Waals surface area (Å²) in [7, 11) is -2.71. The van der Waals surface area contributed by atoms with Crippen LogP contribution in [0.2, 0.25) is 0 Å². The van der Waals surface area contributed by atoms with Crippen molar-refractivity contribution in [3.05, 3.63) is 53.6 Å². The average molecular weight is 407 g/mol. The van der Waals surface area contributed by atoms with E-state index in [1.54, 1.807) is 24.3 Å². The van der Waals surface area contributed by atoms with Crippen molar-refractivity contribution < 1.29 is 32.2 Å². The third kappa shape index (κ3) is 5.08. The minimum atomic E-state index is -4.02. The minimum Gasteiger partial charge on any atom is -0.496 e. The topological polar surface area (TPSA) is 122 Å². The number of hydrogen-bond donors (Lipinski definition) is 1. The highest BCUT2D eigenvalue weighted by atomic mass is 32.2. The summed E-state index contributed by atoms with van der Waals surface area (Å²) in [6.45, 7) is 3.77. The van der Waals surface area contributed by atoms with E-state index in [-0.39, 0.29) is 16.2 Å². The van der Waals surface area contributed by atoms with E-state index in [1.807, 2.05) is 6.92 Å². The fraction of sp³-hybridized carbons (Fsp3) is 0.263. The Morgan fingerprint density at radius 1 is 1.11 bits per heavy atom. The summed E-state index contributed by atoms with van der Waals surface area (Å²) in [6, 6.07) is 9.97. The van der Waals surface area contributed by atoms with Gasteiger partial charge in [-0.15, -0.1) is 0 Å². The van der Waals surface area contributed by atoms with E-state index in [2.05, 4.69) is 0 Å². The molecule has 0 aliphatic heterocycles. The normalized spacial score (nSPS) is 12.1. The van der Waals surface area contributed by atoms with Crippen LogP contribution in [0.5, 0.6) is 11.5 Å². The molecule has 0 aliphatic carbocycles. The highest BCUT2D eigenvalue weighted by Gasteiger charge is 2.24. The molecule has 0 saturated carbocycles. The van der Waals surface area contributed by atoms with Gasteiger partial charge < -0.3 is 14.2 Å². The number of nitrogens with two attached hydrogens (primary N) is 1. The van der Waals surface area contributed by atoms with Crippen LogP contribution in [-0.4, -0.2) is 40.0 Å². The highest BCUT2D eigenvalue weighted by Crippen LogP contribution is 2.24. The zero-order chi connectivity index (χ0) is 20.9. The van der Waals surface area contributed by atoms with Gasteiger partial charge >= 0.3 is 5.97 Å². The van der Waals surface area contributed by atoms with Gasteiger partial charge in [-0.1, -0.05) is 0 Å². The molecule has 0 radical (unpaired) electrons. The molecule has 8 nitrogen and oxygen atoms in total. The van der Waals surface area contributed by atoms with Gasteiger partial charge in [0.05, 0.1) is 18.6 Å². The zero-order valence-corrected chi connectivity index (χ0v) is 16.5. The van der Waals surface area contributed by atoms with E-state index >= 15 is 0 Å². The highest BCUT2D eigenvalue weighted by molar-refractivity contribution is 7.89. The summed E-state index contributed by atoms with van der Waals surface area (Å²) < 4.78 is 38.6. The summed E-state index contributed by atoms with van der Waals surface area (Å²) in [5.41, 5.74) is 0.189. The summed E-state index contributed by atoms with van der Waals surface area (Å²) in [5.74, 6) is -0.613. The van der Waals surface area contributed by atoms with Crippen molar-refractivity contribution in [1.29, 1.82) is 0 Å². The number of sulfonamides is 1. The molecule has 0 amide bonds. The predicted molar refractivity (Wildman–Crippen MR) is 101 cm³/mol. The summed E-state index contributed by atoms with van der Waals surface area (Å²) in [4.78, 5) is 24.7. The lowest BCUT2D eigenvalue weighted by Gasteiger charge is -2.15. The molecule has 2 N–H and O–H groups in total. The maximum atomic E-state index is 12.5. The van der Waals surface area contributed by atoms with Crippen LogP contribution in [0.1, 0.15) is 34.6 Å². The molecule has 0 fully saturated rings. The molecule has 2 aromatic carbocycles. The van der Waals surface area contributed by atoms with Gasteiger partial charge in [-0.3, -0.25) is 4.79 Å². The Balaban J connectivity index is 2.20. The second-order valence-corrected chi connectivity index (χ2v) is 7.34. The monoisotopic (exact) mass is 407 g/mol. The fourth-order valence-electron chi connectivity index (χ4n) is 2.42. The summed E-state index contributed by atoms with van der Waals surface area (Å²) in [6.07, 6.45) is -1.10. The van der Waals surface area contributed by atoms with Gasteiger partial charge in [0.25, 0.3) is 0 Å². The molecule has 150 valence electrons. The molecule has 9 heteroatoms. The number of Topliss-reactive ketones (excluding diaryl/α,β-unsaturated/α-hetero) is 1. The molecule has 1 atom stereocenters. The van der Waals surface area contributed by atoms with E-state index in [1.165, 1.54) is 26.2 Å². The SMILES string of the molecule is CCOc1ccc(C(=O)[C@H](C)OC(=O)c2cc(S(N)(=O)=O)ccc2OC)cc1. The third-order valence-electron chi connectivity index (χ3n) is 3.82. The number of esters is 1. The number of carbonyl (C=O) groups excluding carboxylic acids is 2. The summed E-state index contributed by atoms with van der Waals surface area (Å²) >= 11 is 0. The average Bonchev–Trinajstić information content (AvgIpc) is 2.66. The van der Waals surface area contributed by atoms with Crippen molar-refractivity contribution in [2.75, 3.05) is 13.7 Å². The maximum Gasteiger partial charge on any atom is 0.342 e. The van der Waals surface area contributed by atoms with Gasteiger partial charge in [0, 0.05) is 5.56 Å². The number of benzene rings is 2. The van der Waals surface area contributed by atoms with E-state index in [9.17, 15) is 18.0 Å². The number of ether oxygens (including phenoxy) is 3. The molecule has 0 aromatic heterocycles. The van der Waals surface area contributed by atoms with Crippen LogP contribution in [-0.2, 0) is 14.8 Å². The number of primary sulfonamides is 1. The van der Waals surface area contributed by atoms with Gasteiger partial charge in [0.2, 0.25) is 15.8 Å². The molecule has 28 heavy (non-hydrogen) atoms. The van der Waals surface area contributed by atoms with Crippen LogP contribution in [0, 0.1) is 0 Å². The molecule has 0 spiro atoms. The van der Waals surface area contributed by atoms with Crippen molar-refractivity contribution in [3.8, 4) is 11.5 Å². The van der Waals surface area contributed by atoms with Crippen LogP contribution >= 0.6 is 0 Å². The smallest absolute Gasteiger partial charge is 0.342 e. The lowest BCUT2D eigenvalue weighted by atomic mass is 10.1. The number of hydrogen-bond acceptors (Lipinski definition) is 7. The van der Waals surface area contributed by atoms with E-state index in [0.29, 0.717) is 17.9 Å². The van der Waals surface area contributed by atoms with Crippen molar-refractivity contribution >= 4 is 21.8 Å². The van der Waals surface area contributed by atoms with Crippen molar-refractivity contribution in [3.63, 3.8) is 0 Å². The van der Waals surface area contributed by atoms with Gasteiger partial charge in [-0.2, -0.15) is 0 Å². The Hall–Kier alpha value is -2.91. The van der Waals surface area contributed by atoms with Gasteiger partial charge in [-0.25, -0.2) is 18.4 Å². The largest absolute Gasteiger partial charge is 0.496 e. The predicted octanol–water partition coefficient (Wildman–Crippen LogP) is 2.17. The fourth-order valence-corrected chi connectivity index (χ4v) is 2.96. The van der Waals surface area contributed by atoms with E-state index in [4.69, 9.17) is 19.3 Å². The first kappa shape index (κ1) is 21.4. The van der Waals surface area contributed by atoms with Crippen molar-refractivity contribution in [2.24, 2.45) is 5.14 Å². The van der Waals surface area contributed by atoms with Crippen LogP contribution in [0.4, 0.5) is 0 Å². The first-order valence-corrected chi connectivity index (χ1v) is 9.91. The second kappa shape index (κ2) is 8.85. The minimum absolute atomic E-state index is 0.0955. The lowest BCUT2D eigenvalue weighted by molar-refractivity contribution is 0.0315. The lowest BCUT2D eigenvalue weighted by Crippen LogP contribution is -2.25. The Morgan fingerprint density at radius 3 is 2.29 bits per heavy atom. The molecule has 0 heterocycles.